The van der Waals surface area contributed by atoms with E-state index in [1.54, 1.807) is 0 Å². The predicted octanol–water partition coefficient (Wildman–Crippen LogP) is -0.308. The molecule has 1 fully saturated rings. The molecular weight excluding hydrogens is 564 g/mol. The summed E-state index contributed by atoms with van der Waals surface area (Å²) in [7, 11) is -4.13. The number of unbranched alkanes of at least 4 members (excludes halogenated alkanes) is 12. The van der Waals surface area contributed by atoms with E-state index in [9.17, 15) is 24.5 Å². The van der Waals surface area contributed by atoms with Gasteiger partial charge < -0.3 is 44.9 Å². The monoisotopic (exact) mass is 615 g/mol. The summed E-state index contributed by atoms with van der Waals surface area (Å²) in [4.78, 5) is 27.9. The molecule has 1 aliphatic heterocycles. The van der Waals surface area contributed by atoms with Crippen molar-refractivity contribution in [1.82, 2.24) is 9.55 Å². The van der Waals surface area contributed by atoms with Gasteiger partial charge in [-0.2, -0.15) is 4.98 Å². The Hall–Kier alpha value is -0.370. The standard InChI is InChI=1S/C27H50N3O8P.Na.H2O/c1-2-3-4-5-7-10-13-18-36-19-14-11-8-6-9-12-15-20-39(34,35)37-21-22-24(31)25(32)26(38-22)30-17-16-23(28)29-27(30)33;;/h16-17,22,24-26,31-32H,2-15,18-21H2,1H3,(H,34,35)(H2,28,29,33);;1H2/q;+1;/p-1/t22-,24+,25?,26-;;/m1../s1. The van der Waals surface area contributed by atoms with Gasteiger partial charge in [0.25, 0.3) is 0 Å². The molecule has 0 bridgehead atoms. The Morgan fingerprint density at radius 1 is 0.976 bits per heavy atom. The van der Waals surface area contributed by atoms with Crippen molar-refractivity contribution >= 4 is 13.4 Å². The molecule has 0 aromatic carbocycles. The molecule has 41 heavy (non-hydrogen) atoms. The normalized spacial score (nSPS) is 21.7. The van der Waals surface area contributed by atoms with Crippen LogP contribution in [0.5, 0.6) is 0 Å². The van der Waals surface area contributed by atoms with Gasteiger partial charge in [0.1, 0.15) is 31.7 Å². The van der Waals surface area contributed by atoms with Gasteiger partial charge in [-0.25, -0.2) is 4.79 Å². The maximum absolute atomic E-state index is 12.3. The molecule has 2 heterocycles. The first kappa shape index (κ1) is 40.6. The third-order valence-corrected chi connectivity index (χ3v) is 8.42. The summed E-state index contributed by atoms with van der Waals surface area (Å²) < 4.78 is 29.6. The van der Waals surface area contributed by atoms with Gasteiger partial charge in [-0.1, -0.05) is 77.6 Å². The molecule has 0 saturated carbocycles. The van der Waals surface area contributed by atoms with Crippen LogP contribution in [0.25, 0.3) is 0 Å². The molecule has 0 radical (unpaired) electrons. The summed E-state index contributed by atoms with van der Waals surface area (Å²) in [5.41, 5.74) is 4.71. The van der Waals surface area contributed by atoms with E-state index in [4.69, 9.17) is 19.7 Å². The molecule has 1 aromatic rings. The Balaban J connectivity index is 0.00000800. The second-order valence-corrected chi connectivity index (χ2v) is 12.4. The average Bonchev–Trinajstić information content (AvgIpc) is 3.18. The summed E-state index contributed by atoms with van der Waals surface area (Å²) in [5.74, 6) is 0.00964. The van der Waals surface area contributed by atoms with Crippen LogP contribution in [0.3, 0.4) is 0 Å². The van der Waals surface area contributed by atoms with Crippen LogP contribution in [0.2, 0.25) is 0 Å². The van der Waals surface area contributed by atoms with Gasteiger partial charge in [-0.05, 0) is 25.3 Å². The molecule has 234 valence electrons. The Morgan fingerprint density at radius 2 is 1.51 bits per heavy atom. The molecule has 2 unspecified atom stereocenters. The molecule has 1 saturated heterocycles. The third kappa shape index (κ3) is 16.3. The fourth-order valence-corrected chi connectivity index (χ4v) is 5.74. The number of hydrogen-bond donors (Lipinski definition) is 3. The minimum absolute atomic E-state index is 0. The molecule has 0 amide bonds. The molecule has 5 atom stereocenters. The van der Waals surface area contributed by atoms with Gasteiger partial charge in [0.05, 0.1) is 6.61 Å². The van der Waals surface area contributed by atoms with Crippen LogP contribution in [-0.2, 0) is 18.6 Å². The number of aliphatic hydroxyl groups excluding tert-OH is 2. The quantitative estimate of drug-likeness (QED) is 0.0883. The van der Waals surface area contributed by atoms with Crippen LogP contribution < -0.4 is 45.9 Å². The van der Waals surface area contributed by atoms with Crippen LogP contribution in [0.4, 0.5) is 5.82 Å². The molecular formula is C27H51N3NaO9P. The van der Waals surface area contributed by atoms with E-state index < -0.39 is 44.4 Å². The van der Waals surface area contributed by atoms with E-state index in [0.29, 0.717) is 6.42 Å². The number of nitrogens with zero attached hydrogens (tertiary/aromatic N) is 2. The molecule has 2 rings (SSSR count). The van der Waals surface area contributed by atoms with E-state index in [-0.39, 0.29) is 47.0 Å². The van der Waals surface area contributed by atoms with Crippen molar-refractivity contribution in [1.29, 1.82) is 0 Å². The fraction of sp³-hybridized carbons (Fsp3) is 0.852. The van der Waals surface area contributed by atoms with Gasteiger partial charge in [0.2, 0.25) is 0 Å². The van der Waals surface area contributed by atoms with Gasteiger partial charge in [-0.15, -0.1) is 0 Å². The summed E-state index contributed by atoms with van der Waals surface area (Å²) in [6.07, 6.45) is 11.6. The molecule has 6 N–H and O–H groups in total. The van der Waals surface area contributed by atoms with E-state index in [1.165, 1.54) is 50.8 Å². The summed E-state index contributed by atoms with van der Waals surface area (Å²) in [6, 6.07) is 1.35. The van der Waals surface area contributed by atoms with Crippen molar-refractivity contribution in [3.63, 3.8) is 0 Å². The predicted molar refractivity (Wildman–Crippen MR) is 152 cm³/mol. The van der Waals surface area contributed by atoms with Crippen LogP contribution >= 0.6 is 7.60 Å². The van der Waals surface area contributed by atoms with Crippen molar-refractivity contribution in [3.8, 4) is 0 Å². The van der Waals surface area contributed by atoms with Crippen molar-refractivity contribution in [3.05, 3.63) is 22.7 Å². The SMILES string of the molecule is CCCCCCCCCOCCCCCCCCCP(=O)([O-])OC[C@H]1O[C@@H](n2ccc(N)nc2=O)C(O)[C@H]1O.O.[Na+]. The molecule has 0 spiro atoms. The number of aromatic nitrogens is 2. The smallest absolute Gasteiger partial charge is 0.778 e. The first-order chi connectivity index (χ1) is 18.7. The zero-order valence-corrected chi connectivity index (χ0v) is 27.8. The largest absolute Gasteiger partial charge is 1.00 e. The number of nitrogen functional groups attached to an aromatic ring is 1. The number of rotatable bonds is 22. The molecule has 1 aliphatic rings. The van der Waals surface area contributed by atoms with Crippen LogP contribution in [0.1, 0.15) is 103 Å². The van der Waals surface area contributed by atoms with Crippen molar-refractivity contribution in [2.45, 2.75) is 121 Å². The van der Waals surface area contributed by atoms with Crippen molar-refractivity contribution < 1.29 is 68.7 Å². The zero-order valence-electron chi connectivity index (χ0n) is 25.0. The first-order valence-electron chi connectivity index (χ1n) is 14.6. The summed E-state index contributed by atoms with van der Waals surface area (Å²) in [6.45, 7) is 3.46. The number of anilines is 1. The van der Waals surface area contributed by atoms with Gasteiger partial charge >= 0.3 is 35.2 Å². The maximum Gasteiger partial charge on any atom is 1.00 e. The van der Waals surface area contributed by atoms with Crippen LogP contribution in [-0.4, -0.2) is 69.5 Å². The Bertz CT molecular complexity index is 911. The van der Waals surface area contributed by atoms with Crippen LogP contribution in [0.15, 0.2) is 17.1 Å². The van der Waals surface area contributed by atoms with Gasteiger partial charge in [0.15, 0.2) is 6.23 Å². The van der Waals surface area contributed by atoms with Crippen molar-refractivity contribution in [2.24, 2.45) is 0 Å². The van der Waals surface area contributed by atoms with Crippen molar-refractivity contribution in [2.75, 3.05) is 31.7 Å². The topological polar surface area (TPSA) is 201 Å². The fourth-order valence-electron chi connectivity index (χ4n) is 4.62. The summed E-state index contributed by atoms with van der Waals surface area (Å²) >= 11 is 0. The molecule has 12 nitrogen and oxygen atoms in total. The minimum Gasteiger partial charge on any atom is -0.778 e. The van der Waals surface area contributed by atoms with E-state index >= 15 is 0 Å². The van der Waals surface area contributed by atoms with E-state index in [0.717, 1.165) is 62.7 Å². The molecule has 1 aromatic heterocycles. The van der Waals surface area contributed by atoms with Gasteiger partial charge in [-0.3, -0.25) is 4.57 Å². The first-order valence-corrected chi connectivity index (χ1v) is 16.4. The maximum atomic E-state index is 12.3. The Morgan fingerprint density at radius 3 is 2.07 bits per heavy atom. The Kier molecular flexibility index (Phi) is 22.9. The number of aliphatic hydroxyl groups is 2. The van der Waals surface area contributed by atoms with Gasteiger partial charge in [0, 0.05) is 25.6 Å². The second-order valence-electron chi connectivity index (χ2n) is 10.4. The van der Waals surface area contributed by atoms with E-state index in [2.05, 4.69) is 11.9 Å². The summed E-state index contributed by atoms with van der Waals surface area (Å²) in [5, 5.41) is 20.5. The third-order valence-electron chi connectivity index (χ3n) is 7.01. The molecule has 0 aliphatic carbocycles. The zero-order chi connectivity index (χ0) is 28.5. The molecule has 14 heteroatoms. The number of hydrogen-bond acceptors (Lipinski definition) is 10. The second kappa shape index (κ2) is 23.1. The minimum atomic E-state index is -4.13. The number of nitrogens with two attached hydrogens (primary N) is 1. The Labute approximate surface area is 266 Å². The average molecular weight is 616 g/mol. The van der Waals surface area contributed by atoms with E-state index in [1.807, 2.05) is 0 Å². The van der Waals surface area contributed by atoms with Crippen LogP contribution in [0, 0.1) is 0 Å². The number of ether oxygens (including phenoxy) is 2.